The van der Waals surface area contributed by atoms with Crippen LogP contribution in [0.5, 0.6) is 0 Å². The quantitative estimate of drug-likeness (QED) is 0.784. The van der Waals surface area contributed by atoms with Gasteiger partial charge in [0.25, 0.3) is 0 Å². The maximum absolute atomic E-state index is 5.76. The van der Waals surface area contributed by atoms with E-state index in [1.165, 1.54) is 12.8 Å². The number of aromatic nitrogens is 2. The van der Waals surface area contributed by atoms with Crippen LogP contribution in [0.15, 0.2) is 28.0 Å². The summed E-state index contributed by atoms with van der Waals surface area (Å²) >= 11 is 1.68. The lowest BCUT2D eigenvalue weighted by atomic mass is 10.3. The van der Waals surface area contributed by atoms with Crippen molar-refractivity contribution in [1.82, 2.24) is 9.97 Å². The highest BCUT2D eigenvalue weighted by Gasteiger charge is 2.28. The fourth-order valence-electron chi connectivity index (χ4n) is 2.24. The number of thiazole rings is 1. The molecule has 0 bridgehead atoms. The number of anilines is 1. The summed E-state index contributed by atoms with van der Waals surface area (Å²) in [6, 6.07) is 6.07. The van der Waals surface area contributed by atoms with Gasteiger partial charge < -0.3 is 9.73 Å². The Morgan fingerprint density at radius 2 is 2.25 bits per heavy atom. The Hall–Kier alpha value is -1.88. The number of benzene rings is 1. The Labute approximate surface area is 120 Å². The van der Waals surface area contributed by atoms with Gasteiger partial charge in [-0.3, -0.25) is 0 Å². The van der Waals surface area contributed by atoms with Crippen LogP contribution in [0.2, 0.25) is 0 Å². The number of hydrogen-bond acceptors (Lipinski definition) is 5. The molecule has 102 valence electrons. The smallest absolute Gasteiger partial charge is 0.198 e. The van der Waals surface area contributed by atoms with Crippen LogP contribution in [0.3, 0.4) is 0 Å². The van der Waals surface area contributed by atoms with E-state index in [0.29, 0.717) is 5.92 Å². The first-order valence-electron chi connectivity index (χ1n) is 6.83. The van der Waals surface area contributed by atoms with E-state index in [1.54, 1.807) is 11.3 Å². The van der Waals surface area contributed by atoms with E-state index >= 15 is 0 Å². The zero-order valence-electron chi connectivity index (χ0n) is 11.2. The third-order valence-corrected chi connectivity index (χ3v) is 4.29. The van der Waals surface area contributed by atoms with Gasteiger partial charge in [-0.2, -0.15) is 0 Å². The summed E-state index contributed by atoms with van der Waals surface area (Å²) in [5.41, 5.74) is 3.94. The van der Waals surface area contributed by atoms with Crippen molar-refractivity contribution in [2.45, 2.75) is 32.2 Å². The largest absolute Gasteiger partial charge is 0.440 e. The first-order valence-corrected chi connectivity index (χ1v) is 7.71. The standard InChI is InChI=1S/C15H15N3OS/c1-9-17-12(8-20-9)7-16-11-4-5-14-13(6-11)18-15(19-14)10-2-3-10/h4-6,8,10,16H,2-3,7H2,1H3. The summed E-state index contributed by atoms with van der Waals surface area (Å²) in [7, 11) is 0. The molecule has 0 saturated heterocycles. The molecule has 1 aliphatic carbocycles. The minimum absolute atomic E-state index is 0.553. The van der Waals surface area contributed by atoms with E-state index < -0.39 is 0 Å². The van der Waals surface area contributed by atoms with Crippen LogP contribution < -0.4 is 5.32 Å². The molecule has 5 heteroatoms. The van der Waals surface area contributed by atoms with Gasteiger partial charge in [-0.1, -0.05) is 0 Å². The second-order valence-electron chi connectivity index (χ2n) is 5.22. The van der Waals surface area contributed by atoms with Gasteiger partial charge in [0.05, 0.1) is 17.2 Å². The molecule has 0 atom stereocenters. The molecule has 0 radical (unpaired) electrons. The van der Waals surface area contributed by atoms with Gasteiger partial charge in [0.15, 0.2) is 11.5 Å². The van der Waals surface area contributed by atoms with Gasteiger partial charge in [0.1, 0.15) is 5.52 Å². The van der Waals surface area contributed by atoms with Crippen molar-refractivity contribution in [3.05, 3.63) is 40.2 Å². The molecular formula is C15H15N3OS. The molecule has 1 aliphatic rings. The summed E-state index contributed by atoms with van der Waals surface area (Å²) in [4.78, 5) is 9.02. The van der Waals surface area contributed by atoms with Crippen LogP contribution in [-0.4, -0.2) is 9.97 Å². The number of fused-ring (bicyclic) bond motifs is 1. The lowest BCUT2D eigenvalue weighted by Crippen LogP contribution is -1.99. The topological polar surface area (TPSA) is 51.0 Å². The summed E-state index contributed by atoms with van der Waals surface area (Å²) < 4.78 is 5.76. The number of rotatable bonds is 4. The highest BCUT2D eigenvalue weighted by atomic mass is 32.1. The second kappa shape index (κ2) is 4.59. The average molecular weight is 285 g/mol. The fourth-order valence-corrected chi connectivity index (χ4v) is 2.85. The monoisotopic (exact) mass is 285 g/mol. The molecule has 0 amide bonds. The van der Waals surface area contributed by atoms with Crippen molar-refractivity contribution in [2.75, 3.05) is 5.32 Å². The van der Waals surface area contributed by atoms with E-state index in [1.807, 2.05) is 25.1 Å². The number of hydrogen-bond donors (Lipinski definition) is 1. The molecule has 3 aromatic rings. The minimum Gasteiger partial charge on any atom is -0.440 e. The summed E-state index contributed by atoms with van der Waals surface area (Å²) in [6.07, 6.45) is 2.42. The molecule has 1 fully saturated rings. The number of oxazole rings is 1. The van der Waals surface area contributed by atoms with Crippen LogP contribution in [0, 0.1) is 6.92 Å². The van der Waals surface area contributed by atoms with Crippen LogP contribution in [0.1, 0.15) is 35.4 Å². The molecule has 1 N–H and O–H groups in total. The van der Waals surface area contributed by atoms with E-state index in [0.717, 1.165) is 39.9 Å². The second-order valence-corrected chi connectivity index (χ2v) is 6.28. The maximum Gasteiger partial charge on any atom is 0.198 e. The minimum atomic E-state index is 0.553. The summed E-state index contributed by atoms with van der Waals surface area (Å²) in [6.45, 7) is 2.76. The first-order chi connectivity index (χ1) is 9.78. The van der Waals surface area contributed by atoms with Crippen molar-refractivity contribution in [3.63, 3.8) is 0 Å². The van der Waals surface area contributed by atoms with Crippen molar-refractivity contribution >= 4 is 28.1 Å². The average Bonchev–Trinajstić information content (AvgIpc) is 3.08. The molecule has 2 aromatic heterocycles. The van der Waals surface area contributed by atoms with Gasteiger partial charge in [0, 0.05) is 17.0 Å². The van der Waals surface area contributed by atoms with Crippen molar-refractivity contribution in [2.24, 2.45) is 0 Å². The number of nitrogens with one attached hydrogen (secondary N) is 1. The highest BCUT2D eigenvalue weighted by Crippen LogP contribution is 2.40. The third kappa shape index (κ3) is 2.29. The van der Waals surface area contributed by atoms with Crippen LogP contribution >= 0.6 is 11.3 Å². The zero-order valence-corrected chi connectivity index (χ0v) is 12.0. The van der Waals surface area contributed by atoms with Gasteiger partial charge >= 0.3 is 0 Å². The Balaban J connectivity index is 1.54. The van der Waals surface area contributed by atoms with Crippen LogP contribution in [0.25, 0.3) is 11.1 Å². The Morgan fingerprint density at radius 1 is 1.35 bits per heavy atom. The van der Waals surface area contributed by atoms with Gasteiger partial charge in [-0.05, 0) is 38.0 Å². The SMILES string of the molecule is Cc1nc(CNc2ccc3oc(C4CC4)nc3c2)cs1. The molecule has 1 aromatic carbocycles. The van der Waals surface area contributed by atoms with Crippen molar-refractivity contribution in [3.8, 4) is 0 Å². The molecule has 4 rings (SSSR count). The zero-order chi connectivity index (χ0) is 13.5. The van der Waals surface area contributed by atoms with E-state index in [9.17, 15) is 0 Å². The molecule has 2 heterocycles. The maximum atomic E-state index is 5.76. The fraction of sp³-hybridized carbons (Fsp3) is 0.333. The van der Waals surface area contributed by atoms with Gasteiger partial charge in [0.2, 0.25) is 0 Å². The molecule has 1 saturated carbocycles. The third-order valence-electron chi connectivity index (χ3n) is 3.47. The Morgan fingerprint density at radius 3 is 3.00 bits per heavy atom. The number of aryl methyl sites for hydroxylation is 1. The number of nitrogens with zero attached hydrogens (tertiary/aromatic N) is 2. The Bertz CT molecular complexity index is 757. The molecule has 0 unspecified atom stereocenters. The van der Waals surface area contributed by atoms with E-state index in [4.69, 9.17) is 4.42 Å². The molecule has 0 spiro atoms. The molecule has 0 aliphatic heterocycles. The van der Waals surface area contributed by atoms with Crippen LogP contribution in [-0.2, 0) is 6.54 Å². The molecular weight excluding hydrogens is 270 g/mol. The summed E-state index contributed by atoms with van der Waals surface area (Å²) in [5, 5.41) is 6.57. The van der Waals surface area contributed by atoms with Crippen molar-refractivity contribution in [1.29, 1.82) is 0 Å². The first kappa shape index (κ1) is 11.9. The lowest BCUT2D eigenvalue weighted by molar-refractivity contribution is 0.533. The molecule has 4 nitrogen and oxygen atoms in total. The highest BCUT2D eigenvalue weighted by molar-refractivity contribution is 7.09. The van der Waals surface area contributed by atoms with E-state index in [2.05, 4.69) is 20.7 Å². The van der Waals surface area contributed by atoms with Gasteiger partial charge in [-0.15, -0.1) is 11.3 Å². The normalized spacial score (nSPS) is 14.8. The molecule has 20 heavy (non-hydrogen) atoms. The van der Waals surface area contributed by atoms with Crippen LogP contribution in [0.4, 0.5) is 5.69 Å². The van der Waals surface area contributed by atoms with E-state index in [-0.39, 0.29) is 0 Å². The summed E-state index contributed by atoms with van der Waals surface area (Å²) in [5.74, 6) is 1.45. The predicted molar refractivity (Wildman–Crippen MR) is 80.2 cm³/mol. The van der Waals surface area contributed by atoms with Gasteiger partial charge in [-0.25, -0.2) is 9.97 Å². The Kier molecular flexibility index (Phi) is 2.73. The van der Waals surface area contributed by atoms with Crippen molar-refractivity contribution < 1.29 is 4.42 Å². The lowest BCUT2D eigenvalue weighted by Gasteiger charge is -2.03. The predicted octanol–water partition coefficient (Wildman–Crippen LogP) is 4.08.